The molecule has 1 aromatic rings. The number of nitrogens with zero attached hydrogens (tertiary/aromatic N) is 1. The maximum absolute atomic E-state index is 9.47. The minimum atomic E-state index is -0.409. The molecule has 1 saturated carbocycles. The van der Waals surface area contributed by atoms with Crippen LogP contribution in [0.15, 0.2) is 24.3 Å². The number of terminal acetylenes is 1. The molecule has 0 saturated heterocycles. The van der Waals surface area contributed by atoms with Crippen molar-refractivity contribution in [2.24, 2.45) is 5.92 Å². The van der Waals surface area contributed by atoms with Gasteiger partial charge < -0.3 is 10.0 Å². The number of hydrogen-bond donors (Lipinski definition) is 1. The van der Waals surface area contributed by atoms with E-state index in [1.165, 1.54) is 12.8 Å². The lowest BCUT2D eigenvalue weighted by Crippen LogP contribution is -2.25. The van der Waals surface area contributed by atoms with Crippen LogP contribution in [0.25, 0.3) is 0 Å². The number of anilines is 1. The summed E-state index contributed by atoms with van der Waals surface area (Å²) in [6.45, 7) is 3.49. The summed E-state index contributed by atoms with van der Waals surface area (Å²) >= 11 is 0. The van der Waals surface area contributed by atoms with Gasteiger partial charge in [0.1, 0.15) is 0 Å². The van der Waals surface area contributed by atoms with Crippen LogP contribution >= 0.6 is 0 Å². The molecule has 1 atom stereocenters. The molecule has 1 aromatic carbocycles. The largest absolute Gasteiger partial charge is 0.389 e. The van der Waals surface area contributed by atoms with Crippen molar-refractivity contribution in [3.8, 4) is 12.3 Å². The van der Waals surface area contributed by atoms with Crippen molar-refractivity contribution in [1.82, 2.24) is 0 Å². The lowest BCUT2D eigenvalue weighted by atomic mass is 10.1. The van der Waals surface area contributed by atoms with Crippen molar-refractivity contribution in [3.63, 3.8) is 0 Å². The molecule has 0 aromatic heterocycles. The third-order valence-electron chi connectivity index (χ3n) is 3.20. The summed E-state index contributed by atoms with van der Waals surface area (Å²) in [6, 6.07) is 8.02. The highest BCUT2D eigenvalue weighted by Crippen LogP contribution is 2.31. The third-order valence-corrected chi connectivity index (χ3v) is 3.20. The van der Waals surface area contributed by atoms with E-state index < -0.39 is 6.10 Å². The van der Waals surface area contributed by atoms with Crippen LogP contribution in [0.3, 0.4) is 0 Å². The molecule has 0 spiro atoms. The Bertz CT molecular complexity index is 398. The Morgan fingerprint density at radius 1 is 1.41 bits per heavy atom. The van der Waals surface area contributed by atoms with Crippen LogP contribution in [0.1, 0.15) is 31.4 Å². The number of hydrogen-bond acceptors (Lipinski definition) is 2. The monoisotopic (exact) mass is 229 g/mol. The molecule has 1 N–H and O–H groups in total. The highest BCUT2D eigenvalue weighted by atomic mass is 16.3. The molecule has 90 valence electrons. The molecule has 0 bridgehead atoms. The maximum atomic E-state index is 9.47. The number of rotatable bonds is 5. The van der Waals surface area contributed by atoms with Crippen molar-refractivity contribution in [1.29, 1.82) is 0 Å². The van der Waals surface area contributed by atoms with E-state index >= 15 is 0 Å². The molecule has 1 aliphatic carbocycles. The standard InChI is InChI=1S/C15H19NO/c1-3-10-16(11-13-4-5-13)15-8-6-14(7-9-15)12(2)17/h1,6-9,12-13,17H,4-5,10-11H2,2H3. The quantitative estimate of drug-likeness (QED) is 0.784. The predicted octanol–water partition coefficient (Wildman–Crippen LogP) is 2.59. The highest BCUT2D eigenvalue weighted by molar-refractivity contribution is 5.49. The van der Waals surface area contributed by atoms with Crippen LogP contribution in [0, 0.1) is 18.3 Å². The smallest absolute Gasteiger partial charge is 0.0791 e. The summed E-state index contributed by atoms with van der Waals surface area (Å²) in [4.78, 5) is 2.24. The van der Waals surface area contributed by atoms with Gasteiger partial charge in [0, 0.05) is 12.2 Å². The van der Waals surface area contributed by atoms with Gasteiger partial charge in [-0.2, -0.15) is 0 Å². The Morgan fingerprint density at radius 2 is 2.06 bits per heavy atom. The third kappa shape index (κ3) is 3.25. The van der Waals surface area contributed by atoms with Crippen LogP contribution in [0.5, 0.6) is 0 Å². The van der Waals surface area contributed by atoms with Gasteiger partial charge in [-0.05, 0) is 43.4 Å². The first-order chi connectivity index (χ1) is 8.20. The zero-order chi connectivity index (χ0) is 12.3. The van der Waals surface area contributed by atoms with Crippen LogP contribution in [-0.2, 0) is 0 Å². The second-order valence-corrected chi connectivity index (χ2v) is 4.80. The molecular formula is C15H19NO. The lowest BCUT2D eigenvalue weighted by molar-refractivity contribution is 0.199. The van der Waals surface area contributed by atoms with E-state index in [-0.39, 0.29) is 0 Å². The molecule has 0 radical (unpaired) electrons. The average molecular weight is 229 g/mol. The molecule has 2 nitrogen and oxygen atoms in total. The topological polar surface area (TPSA) is 23.5 Å². The Labute approximate surface area is 103 Å². The second-order valence-electron chi connectivity index (χ2n) is 4.80. The van der Waals surface area contributed by atoms with E-state index in [4.69, 9.17) is 6.42 Å². The van der Waals surface area contributed by atoms with E-state index in [1.807, 2.05) is 24.3 Å². The molecule has 1 aliphatic rings. The molecule has 0 heterocycles. The van der Waals surface area contributed by atoms with Gasteiger partial charge in [0.2, 0.25) is 0 Å². The zero-order valence-corrected chi connectivity index (χ0v) is 10.3. The first-order valence-corrected chi connectivity index (χ1v) is 6.17. The number of benzene rings is 1. The molecule has 17 heavy (non-hydrogen) atoms. The van der Waals surface area contributed by atoms with Crippen molar-refractivity contribution in [3.05, 3.63) is 29.8 Å². The van der Waals surface area contributed by atoms with Gasteiger partial charge in [0.15, 0.2) is 0 Å². The summed E-state index contributed by atoms with van der Waals surface area (Å²) in [7, 11) is 0. The Hall–Kier alpha value is -1.46. The average Bonchev–Trinajstić information content (AvgIpc) is 3.13. The second kappa shape index (κ2) is 5.25. The minimum Gasteiger partial charge on any atom is -0.389 e. The first kappa shape index (κ1) is 12.0. The fourth-order valence-corrected chi connectivity index (χ4v) is 1.95. The van der Waals surface area contributed by atoms with Crippen LogP contribution in [0.4, 0.5) is 5.69 Å². The summed E-state index contributed by atoms with van der Waals surface area (Å²) in [5.41, 5.74) is 2.10. The van der Waals surface area contributed by atoms with Gasteiger partial charge in [0.25, 0.3) is 0 Å². The number of aliphatic hydroxyl groups excluding tert-OH is 1. The van der Waals surface area contributed by atoms with Crippen molar-refractivity contribution < 1.29 is 5.11 Å². The Kier molecular flexibility index (Phi) is 3.71. The van der Waals surface area contributed by atoms with E-state index in [2.05, 4.69) is 10.8 Å². The summed E-state index contributed by atoms with van der Waals surface area (Å²) in [5, 5.41) is 9.47. The van der Waals surface area contributed by atoms with Crippen LogP contribution in [0.2, 0.25) is 0 Å². The van der Waals surface area contributed by atoms with Crippen LogP contribution < -0.4 is 4.90 Å². The van der Waals surface area contributed by atoms with Crippen molar-refractivity contribution >= 4 is 5.69 Å². The van der Waals surface area contributed by atoms with E-state index in [0.717, 1.165) is 23.7 Å². The SMILES string of the molecule is C#CCN(CC1CC1)c1ccc(C(C)O)cc1. The predicted molar refractivity (Wildman–Crippen MR) is 70.8 cm³/mol. The highest BCUT2D eigenvalue weighted by Gasteiger charge is 2.24. The Balaban J connectivity index is 2.08. The fourth-order valence-electron chi connectivity index (χ4n) is 1.95. The molecule has 1 unspecified atom stereocenters. The molecular weight excluding hydrogens is 210 g/mol. The molecule has 0 amide bonds. The van der Waals surface area contributed by atoms with Gasteiger partial charge in [0.05, 0.1) is 12.6 Å². The minimum absolute atomic E-state index is 0.409. The van der Waals surface area contributed by atoms with Gasteiger partial charge in [-0.1, -0.05) is 18.1 Å². The normalized spacial score (nSPS) is 16.3. The van der Waals surface area contributed by atoms with Crippen molar-refractivity contribution in [2.45, 2.75) is 25.9 Å². The maximum Gasteiger partial charge on any atom is 0.0791 e. The van der Waals surface area contributed by atoms with Gasteiger partial charge in [-0.25, -0.2) is 0 Å². The van der Waals surface area contributed by atoms with E-state index in [1.54, 1.807) is 6.92 Å². The van der Waals surface area contributed by atoms with Gasteiger partial charge in [-0.3, -0.25) is 0 Å². The summed E-state index contributed by atoms with van der Waals surface area (Å²) < 4.78 is 0. The van der Waals surface area contributed by atoms with Gasteiger partial charge in [-0.15, -0.1) is 6.42 Å². The summed E-state index contributed by atoms with van der Waals surface area (Å²) in [6.07, 6.45) is 7.65. The molecule has 1 fully saturated rings. The molecule has 0 aliphatic heterocycles. The van der Waals surface area contributed by atoms with Crippen molar-refractivity contribution in [2.75, 3.05) is 18.0 Å². The van der Waals surface area contributed by atoms with E-state index in [9.17, 15) is 5.11 Å². The van der Waals surface area contributed by atoms with Crippen LogP contribution in [-0.4, -0.2) is 18.2 Å². The number of aliphatic hydroxyl groups is 1. The lowest BCUT2D eigenvalue weighted by Gasteiger charge is -2.22. The van der Waals surface area contributed by atoms with E-state index in [0.29, 0.717) is 6.54 Å². The molecule has 2 heteroatoms. The summed E-state index contributed by atoms with van der Waals surface area (Å²) in [5.74, 6) is 3.53. The molecule has 2 rings (SSSR count). The zero-order valence-electron chi connectivity index (χ0n) is 10.3. The Morgan fingerprint density at radius 3 is 2.53 bits per heavy atom. The fraction of sp³-hybridized carbons (Fsp3) is 0.467. The van der Waals surface area contributed by atoms with Gasteiger partial charge >= 0.3 is 0 Å². The first-order valence-electron chi connectivity index (χ1n) is 6.17.